The maximum absolute atomic E-state index is 11.8. The Hall–Kier alpha value is -2.43. The number of hydrogen-bond donors (Lipinski definition) is 2. The zero-order valence-corrected chi connectivity index (χ0v) is 10.1. The van der Waals surface area contributed by atoms with Crippen LogP contribution in [0.3, 0.4) is 0 Å². The molecule has 0 aliphatic carbocycles. The molecule has 0 fully saturated rings. The Morgan fingerprint density at radius 2 is 2.11 bits per heavy atom. The number of hydrogen-bond acceptors (Lipinski definition) is 4. The topological polar surface area (TPSA) is 80.9 Å². The van der Waals surface area contributed by atoms with Crippen LogP contribution in [0.2, 0.25) is 0 Å². The van der Waals surface area contributed by atoms with Crippen molar-refractivity contribution < 1.29 is 4.79 Å². The Labute approximate surface area is 105 Å². The molecule has 0 aliphatic heterocycles. The van der Waals surface area contributed by atoms with Gasteiger partial charge in [-0.25, -0.2) is 0 Å². The molecule has 1 aromatic heterocycles. The van der Waals surface area contributed by atoms with E-state index in [2.05, 4.69) is 15.5 Å². The van der Waals surface area contributed by atoms with Crippen LogP contribution < -0.4 is 11.1 Å². The van der Waals surface area contributed by atoms with Crippen molar-refractivity contribution in [2.24, 2.45) is 0 Å². The fraction of sp³-hybridized carbons (Fsp3) is 0.154. The molecule has 18 heavy (non-hydrogen) atoms. The predicted octanol–water partition coefficient (Wildman–Crippen LogP) is 1.30. The summed E-state index contributed by atoms with van der Waals surface area (Å²) < 4.78 is 0. The Morgan fingerprint density at radius 3 is 2.78 bits per heavy atom. The number of nitrogens with two attached hydrogens (primary N) is 1. The average molecular weight is 242 g/mol. The van der Waals surface area contributed by atoms with Gasteiger partial charge in [0, 0.05) is 6.54 Å². The first-order valence-electron chi connectivity index (χ1n) is 5.58. The summed E-state index contributed by atoms with van der Waals surface area (Å²) >= 11 is 0. The summed E-state index contributed by atoms with van der Waals surface area (Å²) in [4.78, 5) is 11.8. The third-order valence-corrected chi connectivity index (χ3v) is 2.45. The van der Waals surface area contributed by atoms with E-state index in [9.17, 15) is 4.79 Å². The first-order valence-corrected chi connectivity index (χ1v) is 5.58. The number of nitrogens with one attached hydrogen (secondary N) is 1. The molecule has 0 radical (unpaired) electrons. The van der Waals surface area contributed by atoms with Gasteiger partial charge in [0.05, 0.1) is 0 Å². The lowest BCUT2D eigenvalue weighted by atomic mass is 10.1. The van der Waals surface area contributed by atoms with Gasteiger partial charge in [0.2, 0.25) is 0 Å². The van der Waals surface area contributed by atoms with E-state index in [0.29, 0.717) is 12.4 Å². The van der Waals surface area contributed by atoms with Gasteiger partial charge in [-0.2, -0.15) is 0 Å². The van der Waals surface area contributed by atoms with Crippen LogP contribution >= 0.6 is 0 Å². The molecule has 5 nitrogen and oxygen atoms in total. The molecule has 0 aliphatic rings. The van der Waals surface area contributed by atoms with E-state index in [1.165, 1.54) is 0 Å². The molecule has 0 saturated carbocycles. The number of carbonyl (C=O) groups is 1. The van der Waals surface area contributed by atoms with E-state index in [1.807, 2.05) is 31.2 Å². The number of benzene rings is 1. The average Bonchev–Trinajstić information content (AvgIpc) is 2.37. The minimum Gasteiger partial charge on any atom is -0.382 e. The second kappa shape index (κ2) is 5.27. The van der Waals surface area contributed by atoms with Crippen LogP contribution in [0.5, 0.6) is 0 Å². The van der Waals surface area contributed by atoms with Crippen molar-refractivity contribution in [3.8, 4) is 0 Å². The van der Waals surface area contributed by atoms with Crippen LogP contribution in [0.1, 0.15) is 21.6 Å². The highest BCUT2D eigenvalue weighted by atomic mass is 16.1. The monoisotopic (exact) mass is 242 g/mol. The first kappa shape index (κ1) is 12.0. The lowest BCUT2D eigenvalue weighted by molar-refractivity contribution is 0.0945. The molecule has 5 heteroatoms. The van der Waals surface area contributed by atoms with Gasteiger partial charge in [-0.05, 0) is 24.6 Å². The summed E-state index contributed by atoms with van der Waals surface area (Å²) in [6.07, 6.45) is 0. The lowest BCUT2D eigenvalue weighted by Crippen LogP contribution is -2.24. The molecule has 0 atom stereocenters. The molecule has 0 saturated heterocycles. The van der Waals surface area contributed by atoms with Crippen LogP contribution in [0.4, 0.5) is 5.82 Å². The smallest absolute Gasteiger partial charge is 0.272 e. The van der Waals surface area contributed by atoms with Gasteiger partial charge in [-0.1, -0.05) is 29.8 Å². The molecule has 2 rings (SSSR count). The Kier molecular flexibility index (Phi) is 3.52. The molecule has 0 bridgehead atoms. The number of rotatable bonds is 3. The number of anilines is 1. The van der Waals surface area contributed by atoms with Crippen molar-refractivity contribution in [1.29, 1.82) is 0 Å². The Morgan fingerprint density at radius 1 is 1.28 bits per heavy atom. The number of amides is 1. The SMILES string of the molecule is Cc1cccc(CNC(=O)c2ccc(N)nn2)c1. The highest BCUT2D eigenvalue weighted by Gasteiger charge is 2.07. The summed E-state index contributed by atoms with van der Waals surface area (Å²) in [5.74, 6) is 0.0363. The van der Waals surface area contributed by atoms with E-state index in [4.69, 9.17) is 5.73 Å². The minimum atomic E-state index is -0.260. The number of nitrogens with zero attached hydrogens (tertiary/aromatic N) is 2. The quantitative estimate of drug-likeness (QED) is 0.850. The maximum Gasteiger partial charge on any atom is 0.272 e. The number of nitrogen functional groups attached to an aromatic ring is 1. The molecule has 0 spiro atoms. The van der Waals surface area contributed by atoms with Gasteiger partial charge in [-0.3, -0.25) is 4.79 Å². The van der Waals surface area contributed by atoms with E-state index in [1.54, 1.807) is 12.1 Å². The van der Waals surface area contributed by atoms with E-state index < -0.39 is 0 Å². The van der Waals surface area contributed by atoms with Crippen molar-refractivity contribution in [2.45, 2.75) is 13.5 Å². The maximum atomic E-state index is 11.8. The van der Waals surface area contributed by atoms with Crippen LogP contribution in [-0.4, -0.2) is 16.1 Å². The molecule has 0 unspecified atom stereocenters. The summed E-state index contributed by atoms with van der Waals surface area (Å²) in [6, 6.07) is 11.1. The molecule has 3 N–H and O–H groups in total. The third kappa shape index (κ3) is 3.04. The zero-order valence-electron chi connectivity index (χ0n) is 10.1. The number of aromatic nitrogens is 2. The standard InChI is InChI=1S/C13H14N4O/c1-9-3-2-4-10(7-9)8-15-13(18)11-5-6-12(14)17-16-11/h2-7H,8H2,1H3,(H2,14,17)(H,15,18). The van der Waals surface area contributed by atoms with Crippen molar-refractivity contribution in [3.05, 3.63) is 53.2 Å². The lowest BCUT2D eigenvalue weighted by Gasteiger charge is -2.05. The Balaban J connectivity index is 1.98. The fourth-order valence-corrected chi connectivity index (χ4v) is 1.56. The van der Waals surface area contributed by atoms with Crippen LogP contribution in [0.25, 0.3) is 0 Å². The minimum absolute atomic E-state index is 0.260. The zero-order chi connectivity index (χ0) is 13.0. The van der Waals surface area contributed by atoms with Crippen LogP contribution in [0.15, 0.2) is 36.4 Å². The fourth-order valence-electron chi connectivity index (χ4n) is 1.56. The van der Waals surface area contributed by atoms with Gasteiger partial charge in [-0.15, -0.1) is 10.2 Å². The van der Waals surface area contributed by atoms with E-state index in [-0.39, 0.29) is 11.6 Å². The first-order chi connectivity index (χ1) is 8.65. The van der Waals surface area contributed by atoms with E-state index >= 15 is 0 Å². The number of carbonyl (C=O) groups excluding carboxylic acids is 1. The molecule has 2 aromatic rings. The summed E-state index contributed by atoms with van der Waals surface area (Å²) in [5.41, 5.74) is 7.87. The van der Waals surface area contributed by atoms with Crippen molar-refractivity contribution in [1.82, 2.24) is 15.5 Å². The van der Waals surface area contributed by atoms with Crippen molar-refractivity contribution in [2.75, 3.05) is 5.73 Å². The molecule has 92 valence electrons. The van der Waals surface area contributed by atoms with Crippen LogP contribution in [-0.2, 0) is 6.54 Å². The van der Waals surface area contributed by atoms with Crippen molar-refractivity contribution in [3.63, 3.8) is 0 Å². The normalized spacial score (nSPS) is 10.1. The van der Waals surface area contributed by atoms with Gasteiger partial charge in [0.25, 0.3) is 5.91 Å². The molecule has 1 heterocycles. The highest BCUT2D eigenvalue weighted by molar-refractivity contribution is 5.92. The van der Waals surface area contributed by atoms with Crippen molar-refractivity contribution >= 4 is 11.7 Å². The summed E-state index contributed by atoms with van der Waals surface area (Å²) in [7, 11) is 0. The van der Waals surface area contributed by atoms with E-state index in [0.717, 1.165) is 11.1 Å². The molecule has 1 amide bonds. The third-order valence-electron chi connectivity index (χ3n) is 2.45. The molecule has 1 aromatic carbocycles. The van der Waals surface area contributed by atoms with Gasteiger partial charge < -0.3 is 11.1 Å². The second-order valence-electron chi connectivity index (χ2n) is 4.02. The van der Waals surface area contributed by atoms with Gasteiger partial charge in [0.15, 0.2) is 5.69 Å². The predicted molar refractivity (Wildman–Crippen MR) is 68.8 cm³/mol. The van der Waals surface area contributed by atoms with Gasteiger partial charge in [0.1, 0.15) is 5.82 Å². The summed E-state index contributed by atoms with van der Waals surface area (Å²) in [6.45, 7) is 2.48. The van der Waals surface area contributed by atoms with Crippen LogP contribution in [0, 0.1) is 6.92 Å². The number of aryl methyl sites for hydroxylation is 1. The molecular formula is C13H14N4O. The largest absolute Gasteiger partial charge is 0.382 e. The molecular weight excluding hydrogens is 228 g/mol. The summed E-state index contributed by atoms with van der Waals surface area (Å²) in [5, 5.41) is 10.1. The second-order valence-corrected chi connectivity index (χ2v) is 4.02. The highest BCUT2D eigenvalue weighted by Crippen LogP contribution is 2.04. The van der Waals surface area contributed by atoms with Gasteiger partial charge >= 0.3 is 0 Å². The Bertz CT molecular complexity index is 551.